The molecule has 0 aliphatic carbocycles. The average molecular weight is 416 g/mol. The average Bonchev–Trinajstić information content (AvgIpc) is 2.71. The molecule has 0 aromatic heterocycles. The number of carbonyl (C=O) groups excluding carboxylic acids is 2. The summed E-state index contributed by atoms with van der Waals surface area (Å²) in [5.41, 5.74) is 2.87. The molecule has 8 heteroatoms. The van der Waals surface area contributed by atoms with E-state index in [4.69, 9.17) is 0 Å². The minimum absolute atomic E-state index is 0.0628. The second-order valence-corrected chi connectivity index (χ2v) is 9.10. The van der Waals surface area contributed by atoms with E-state index in [1.165, 1.54) is 23.4 Å². The number of hydrogen-bond donors (Lipinski definition) is 1. The molecule has 2 amide bonds. The van der Waals surface area contributed by atoms with Crippen molar-refractivity contribution in [3.8, 4) is 0 Å². The summed E-state index contributed by atoms with van der Waals surface area (Å²) in [6.45, 7) is 6.49. The maximum absolute atomic E-state index is 13.0. The molecule has 3 rings (SSSR count). The predicted molar refractivity (Wildman–Crippen MR) is 111 cm³/mol. The van der Waals surface area contributed by atoms with Gasteiger partial charge in [-0.25, -0.2) is 8.42 Å². The molecule has 1 saturated heterocycles. The molecule has 1 aliphatic rings. The van der Waals surface area contributed by atoms with E-state index in [0.717, 1.165) is 16.8 Å². The van der Waals surface area contributed by atoms with Gasteiger partial charge in [0.1, 0.15) is 0 Å². The van der Waals surface area contributed by atoms with Crippen LogP contribution in [0.3, 0.4) is 0 Å². The fourth-order valence-corrected chi connectivity index (χ4v) is 4.86. The zero-order valence-electron chi connectivity index (χ0n) is 16.8. The van der Waals surface area contributed by atoms with E-state index in [0.29, 0.717) is 13.1 Å². The first-order valence-electron chi connectivity index (χ1n) is 9.43. The molecule has 0 atom stereocenters. The molecular weight excluding hydrogens is 390 g/mol. The molecule has 29 heavy (non-hydrogen) atoms. The number of para-hydroxylation sites is 1. The molecule has 0 radical (unpaired) electrons. The van der Waals surface area contributed by atoms with Gasteiger partial charge in [-0.3, -0.25) is 9.59 Å². The third kappa shape index (κ3) is 4.49. The number of amides is 2. The van der Waals surface area contributed by atoms with E-state index in [1.54, 1.807) is 17.0 Å². The quantitative estimate of drug-likeness (QED) is 0.831. The Morgan fingerprint density at radius 1 is 0.931 bits per heavy atom. The van der Waals surface area contributed by atoms with Gasteiger partial charge in [0.15, 0.2) is 0 Å². The van der Waals surface area contributed by atoms with Crippen LogP contribution in [-0.2, 0) is 14.8 Å². The smallest absolute Gasteiger partial charge is 0.255 e. The highest BCUT2D eigenvalue weighted by Gasteiger charge is 2.29. The fraction of sp³-hybridized carbons (Fsp3) is 0.333. The van der Waals surface area contributed by atoms with Crippen LogP contribution >= 0.6 is 0 Å². The van der Waals surface area contributed by atoms with Crippen LogP contribution in [0.5, 0.6) is 0 Å². The molecule has 0 bridgehead atoms. The summed E-state index contributed by atoms with van der Waals surface area (Å²) >= 11 is 0. The minimum Gasteiger partial charge on any atom is -0.340 e. The first-order chi connectivity index (χ1) is 13.7. The van der Waals surface area contributed by atoms with E-state index >= 15 is 0 Å². The Kier molecular flexibility index (Phi) is 6.04. The molecule has 154 valence electrons. The van der Waals surface area contributed by atoms with Gasteiger partial charge >= 0.3 is 0 Å². The molecule has 1 heterocycles. The summed E-state index contributed by atoms with van der Waals surface area (Å²) in [6, 6.07) is 11.8. The van der Waals surface area contributed by atoms with Gasteiger partial charge in [0.05, 0.1) is 4.90 Å². The molecule has 2 aromatic carbocycles. The third-order valence-corrected chi connectivity index (χ3v) is 7.03. The number of piperazine rings is 1. The number of nitrogens with zero attached hydrogens (tertiary/aromatic N) is 2. The third-order valence-electron chi connectivity index (χ3n) is 5.14. The van der Waals surface area contributed by atoms with E-state index in [1.807, 2.05) is 32.0 Å². The lowest BCUT2D eigenvalue weighted by Crippen LogP contribution is -2.49. The number of carbonyl (C=O) groups is 2. The molecule has 0 spiro atoms. The van der Waals surface area contributed by atoms with Crippen LogP contribution in [0.25, 0.3) is 0 Å². The Morgan fingerprint density at radius 3 is 2.10 bits per heavy atom. The standard InChI is InChI=1S/C21H25N3O4S/c1-15-6-4-7-16(2)20(15)22-21(26)18-8-5-9-19(14-18)29(27,28)24-12-10-23(11-13-24)17(3)25/h4-9,14H,10-13H2,1-3H3,(H,22,26). The Hall–Kier alpha value is -2.71. The lowest BCUT2D eigenvalue weighted by atomic mass is 10.1. The van der Waals surface area contributed by atoms with Crippen LogP contribution in [-0.4, -0.2) is 55.6 Å². The highest BCUT2D eigenvalue weighted by Crippen LogP contribution is 2.22. The van der Waals surface area contributed by atoms with Crippen molar-refractivity contribution in [3.63, 3.8) is 0 Å². The predicted octanol–water partition coefficient (Wildman–Crippen LogP) is 2.41. The molecule has 2 aromatic rings. The molecular formula is C21H25N3O4S. The van der Waals surface area contributed by atoms with Crippen LogP contribution in [0, 0.1) is 13.8 Å². The Labute approximate surface area is 171 Å². The lowest BCUT2D eigenvalue weighted by Gasteiger charge is -2.33. The summed E-state index contributed by atoms with van der Waals surface area (Å²) < 4.78 is 27.3. The van der Waals surface area contributed by atoms with Gasteiger partial charge in [0.2, 0.25) is 15.9 Å². The van der Waals surface area contributed by atoms with Gasteiger partial charge in [-0.2, -0.15) is 4.31 Å². The van der Waals surface area contributed by atoms with Gasteiger partial charge in [-0.1, -0.05) is 24.3 Å². The maximum atomic E-state index is 13.0. The van der Waals surface area contributed by atoms with Crippen molar-refractivity contribution >= 4 is 27.5 Å². The molecule has 1 N–H and O–H groups in total. The topological polar surface area (TPSA) is 86.8 Å². The minimum atomic E-state index is -3.74. The van der Waals surface area contributed by atoms with E-state index in [-0.39, 0.29) is 35.4 Å². The number of hydrogen-bond acceptors (Lipinski definition) is 4. The number of sulfonamides is 1. The van der Waals surface area contributed by atoms with E-state index in [2.05, 4.69) is 5.32 Å². The van der Waals surface area contributed by atoms with Crippen molar-refractivity contribution in [2.24, 2.45) is 0 Å². The molecule has 0 unspecified atom stereocenters. The summed E-state index contributed by atoms with van der Waals surface area (Å²) in [5.74, 6) is -0.423. The highest BCUT2D eigenvalue weighted by atomic mass is 32.2. The van der Waals surface area contributed by atoms with Crippen molar-refractivity contribution in [3.05, 3.63) is 59.2 Å². The monoisotopic (exact) mass is 415 g/mol. The van der Waals surface area contributed by atoms with Crippen LogP contribution in [0.15, 0.2) is 47.4 Å². The second-order valence-electron chi connectivity index (χ2n) is 7.16. The SMILES string of the molecule is CC(=O)N1CCN(S(=O)(=O)c2cccc(C(=O)Nc3c(C)cccc3C)c2)CC1. The number of anilines is 1. The first kappa shape index (κ1) is 21.0. The zero-order valence-corrected chi connectivity index (χ0v) is 17.6. The number of benzene rings is 2. The van der Waals surface area contributed by atoms with Gasteiger partial charge < -0.3 is 10.2 Å². The summed E-state index contributed by atoms with van der Waals surface area (Å²) in [4.78, 5) is 25.9. The van der Waals surface area contributed by atoms with Gasteiger partial charge in [0.25, 0.3) is 5.91 Å². The second kappa shape index (κ2) is 8.34. The largest absolute Gasteiger partial charge is 0.340 e. The normalized spacial score (nSPS) is 15.2. The van der Waals surface area contributed by atoms with Crippen molar-refractivity contribution in [1.82, 2.24) is 9.21 Å². The van der Waals surface area contributed by atoms with Crippen molar-refractivity contribution < 1.29 is 18.0 Å². The Bertz CT molecular complexity index is 1020. The maximum Gasteiger partial charge on any atom is 0.255 e. The number of rotatable bonds is 4. The van der Waals surface area contributed by atoms with E-state index < -0.39 is 10.0 Å². The van der Waals surface area contributed by atoms with Gasteiger partial charge in [-0.05, 0) is 43.2 Å². The number of nitrogens with one attached hydrogen (secondary N) is 1. The molecule has 7 nitrogen and oxygen atoms in total. The van der Waals surface area contributed by atoms with Crippen LogP contribution in [0.1, 0.15) is 28.4 Å². The van der Waals surface area contributed by atoms with Crippen LogP contribution in [0.2, 0.25) is 0 Å². The Morgan fingerprint density at radius 2 is 1.52 bits per heavy atom. The van der Waals surface area contributed by atoms with Gasteiger partial charge in [0, 0.05) is 44.4 Å². The van der Waals surface area contributed by atoms with Crippen LogP contribution in [0.4, 0.5) is 5.69 Å². The lowest BCUT2D eigenvalue weighted by molar-refractivity contribution is -0.129. The first-order valence-corrected chi connectivity index (χ1v) is 10.9. The zero-order chi connectivity index (χ0) is 21.2. The fourth-order valence-electron chi connectivity index (χ4n) is 3.39. The van der Waals surface area contributed by atoms with Crippen molar-refractivity contribution in [1.29, 1.82) is 0 Å². The summed E-state index contributed by atoms with van der Waals surface area (Å²) in [5, 5.41) is 2.88. The summed E-state index contributed by atoms with van der Waals surface area (Å²) in [6.07, 6.45) is 0. The van der Waals surface area contributed by atoms with E-state index in [9.17, 15) is 18.0 Å². The summed E-state index contributed by atoms with van der Waals surface area (Å²) in [7, 11) is -3.74. The molecule has 0 saturated carbocycles. The van der Waals surface area contributed by atoms with Crippen molar-refractivity contribution in [2.45, 2.75) is 25.7 Å². The number of aryl methyl sites for hydroxylation is 2. The van der Waals surface area contributed by atoms with Gasteiger partial charge in [-0.15, -0.1) is 0 Å². The molecule has 1 fully saturated rings. The molecule has 1 aliphatic heterocycles. The van der Waals surface area contributed by atoms with Crippen LogP contribution < -0.4 is 5.32 Å². The van der Waals surface area contributed by atoms with Crippen molar-refractivity contribution in [2.75, 3.05) is 31.5 Å². The highest BCUT2D eigenvalue weighted by molar-refractivity contribution is 7.89. The Balaban J connectivity index is 1.80.